The molecule has 0 unspecified atom stereocenters. The quantitative estimate of drug-likeness (QED) is 0.151. The average Bonchev–Trinajstić information content (AvgIpc) is 3.18. The maximum atomic E-state index is 13.2. The summed E-state index contributed by atoms with van der Waals surface area (Å²) in [6.45, 7) is 0. The van der Waals surface area contributed by atoms with Gasteiger partial charge >= 0.3 is 5.97 Å². The van der Waals surface area contributed by atoms with Gasteiger partial charge in [-0.05, 0) is 42.0 Å². The molecule has 1 aromatic heterocycles. The number of fused-ring (bicyclic) bond motifs is 1. The van der Waals surface area contributed by atoms with E-state index in [9.17, 15) is 23.1 Å². The van der Waals surface area contributed by atoms with E-state index in [-0.39, 0.29) is 17.3 Å². The second-order valence-electron chi connectivity index (χ2n) is 7.33. The Morgan fingerprint density at radius 1 is 0.971 bits per heavy atom. The number of nitrogens with two attached hydrogens (primary N) is 1. The van der Waals surface area contributed by atoms with E-state index >= 15 is 0 Å². The summed E-state index contributed by atoms with van der Waals surface area (Å²) in [6, 6.07) is 20.9. The van der Waals surface area contributed by atoms with Crippen LogP contribution in [0.5, 0.6) is 0 Å². The van der Waals surface area contributed by atoms with Crippen LogP contribution >= 0.6 is 11.3 Å². The van der Waals surface area contributed by atoms with Gasteiger partial charge in [0.1, 0.15) is 10.7 Å². The first-order valence-electron chi connectivity index (χ1n) is 9.98. The first kappa shape index (κ1) is 25.6. The molecule has 0 atom stereocenters. The van der Waals surface area contributed by atoms with Crippen molar-refractivity contribution in [1.29, 1.82) is 5.41 Å². The molecule has 0 saturated heterocycles. The lowest BCUT2D eigenvalue weighted by atomic mass is 9.96. The largest absolute Gasteiger partial charge is 0.478 e. The van der Waals surface area contributed by atoms with Crippen molar-refractivity contribution in [1.82, 2.24) is 0 Å². The zero-order valence-electron chi connectivity index (χ0n) is 18.3. The van der Waals surface area contributed by atoms with Gasteiger partial charge in [0.25, 0.3) is 16.0 Å². The lowest BCUT2D eigenvalue weighted by Crippen LogP contribution is -2.13. The minimum atomic E-state index is -3.67. The maximum Gasteiger partial charge on any atom is 0.336 e. The Balaban J connectivity index is 0.000000623. The highest BCUT2D eigenvalue weighted by Gasteiger charge is 2.23. The monoisotopic (exact) mass is 511 g/mol. The SMILES string of the molecule is CS(=O)(=O)O.N=C(N)c1ccc(NC(=O)c2sc3ccccc3c2-c2ccccc2C(=O)O)cc1. The molecule has 4 aromatic rings. The van der Waals surface area contributed by atoms with Gasteiger partial charge in [0.05, 0.1) is 11.8 Å². The number of carbonyl (C=O) groups excluding carboxylic acids is 1. The van der Waals surface area contributed by atoms with Gasteiger partial charge in [-0.25, -0.2) is 4.79 Å². The fourth-order valence-electron chi connectivity index (χ4n) is 3.28. The van der Waals surface area contributed by atoms with Gasteiger partial charge in [-0.15, -0.1) is 11.3 Å². The van der Waals surface area contributed by atoms with Crippen LogP contribution in [0.15, 0.2) is 72.8 Å². The Morgan fingerprint density at radius 2 is 1.54 bits per heavy atom. The van der Waals surface area contributed by atoms with Crippen LogP contribution in [0.2, 0.25) is 0 Å². The number of amidine groups is 1. The fraction of sp³-hybridized carbons (Fsp3) is 0.0417. The number of hydrogen-bond donors (Lipinski definition) is 5. The predicted octanol–water partition coefficient (Wildman–Crippen LogP) is 4.31. The Hall–Kier alpha value is -4.06. The van der Waals surface area contributed by atoms with E-state index in [1.54, 1.807) is 42.5 Å². The van der Waals surface area contributed by atoms with E-state index in [0.717, 1.165) is 10.1 Å². The minimum Gasteiger partial charge on any atom is -0.478 e. The van der Waals surface area contributed by atoms with Crippen LogP contribution < -0.4 is 11.1 Å². The molecule has 1 amide bonds. The number of nitrogen functional groups attached to an aromatic ring is 1. The fourth-order valence-corrected chi connectivity index (χ4v) is 4.39. The van der Waals surface area contributed by atoms with E-state index in [4.69, 9.17) is 15.7 Å². The number of carbonyl (C=O) groups is 2. The molecule has 4 rings (SSSR count). The van der Waals surface area contributed by atoms with Crippen molar-refractivity contribution in [2.75, 3.05) is 11.6 Å². The number of thiophene rings is 1. The number of aromatic carboxylic acids is 1. The van der Waals surface area contributed by atoms with Gasteiger partial charge in [-0.2, -0.15) is 8.42 Å². The summed E-state index contributed by atoms with van der Waals surface area (Å²) >= 11 is 1.32. The number of nitrogens with one attached hydrogen (secondary N) is 2. The third-order valence-electron chi connectivity index (χ3n) is 4.68. The van der Waals surface area contributed by atoms with E-state index < -0.39 is 16.1 Å². The van der Waals surface area contributed by atoms with Gasteiger partial charge in [0.15, 0.2) is 0 Å². The normalized spacial score (nSPS) is 10.8. The summed E-state index contributed by atoms with van der Waals surface area (Å²) in [4.78, 5) is 25.4. The summed E-state index contributed by atoms with van der Waals surface area (Å²) in [7, 11) is -3.67. The highest BCUT2D eigenvalue weighted by Crippen LogP contribution is 2.40. The Morgan fingerprint density at radius 3 is 2.14 bits per heavy atom. The topological polar surface area (TPSA) is 171 Å². The molecule has 0 bridgehead atoms. The van der Waals surface area contributed by atoms with Crippen molar-refractivity contribution >= 4 is 54.9 Å². The number of amides is 1. The van der Waals surface area contributed by atoms with Crippen molar-refractivity contribution in [2.24, 2.45) is 5.73 Å². The third-order valence-corrected chi connectivity index (χ3v) is 5.85. The Bertz CT molecular complexity index is 1520. The number of carboxylic acid groups (broad SMARTS) is 1. The summed E-state index contributed by atoms with van der Waals surface area (Å²) in [5.41, 5.74) is 7.83. The molecule has 180 valence electrons. The van der Waals surface area contributed by atoms with Crippen molar-refractivity contribution in [3.05, 3.63) is 88.8 Å². The second-order valence-corrected chi connectivity index (χ2v) is 9.85. The van der Waals surface area contributed by atoms with Crippen LogP contribution in [0.3, 0.4) is 0 Å². The molecule has 0 spiro atoms. The molecule has 11 heteroatoms. The van der Waals surface area contributed by atoms with Crippen LogP contribution in [0, 0.1) is 5.41 Å². The van der Waals surface area contributed by atoms with Crippen LogP contribution in [0.4, 0.5) is 5.69 Å². The van der Waals surface area contributed by atoms with Gasteiger partial charge in [0, 0.05) is 26.9 Å². The van der Waals surface area contributed by atoms with Crippen LogP contribution in [0.25, 0.3) is 21.2 Å². The second kappa shape index (κ2) is 10.5. The molecule has 0 aliphatic heterocycles. The molecular formula is C24H21N3O6S2. The Kier molecular flexibility index (Phi) is 7.65. The Labute approximate surface area is 205 Å². The zero-order chi connectivity index (χ0) is 25.8. The molecule has 0 saturated carbocycles. The van der Waals surface area contributed by atoms with Crippen molar-refractivity contribution < 1.29 is 27.7 Å². The number of hydrogen-bond acceptors (Lipinski definition) is 6. The van der Waals surface area contributed by atoms with Crippen molar-refractivity contribution in [3.63, 3.8) is 0 Å². The highest BCUT2D eigenvalue weighted by atomic mass is 32.2. The van der Waals surface area contributed by atoms with E-state index in [0.29, 0.717) is 33.5 Å². The third kappa shape index (κ3) is 6.51. The summed E-state index contributed by atoms with van der Waals surface area (Å²) in [6.07, 6.45) is 0.715. The highest BCUT2D eigenvalue weighted by molar-refractivity contribution is 7.85. The molecule has 6 N–H and O–H groups in total. The minimum absolute atomic E-state index is 0.0510. The maximum absolute atomic E-state index is 13.2. The smallest absolute Gasteiger partial charge is 0.336 e. The molecule has 0 aliphatic rings. The summed E-state index contributed by atoms with van der Waals surface area (Å²) < 4.78 is 26.8. The number of carboxylic acids is 1. The molecule has 0 aliphatic carbocycles. The standard InChI is InChI=1S/C23H17N3O3S.CH4O3S/c24-21(25)13-9-11-14(12-10-13)26-22(27)20-19(17-7-3-4-8-18(17)30-20)15-5-1-2-6-16(15)23(28)29;1-5(2,3)4/h1-12H,(H3,24,25)(H,26,27)(H,28,29);1H3,(H,2,3,4). The van der Waals surface area contributed by atoms with Gasteiger partial charge in [-0.3, -0.25) is 14.8 Å². The first-order valence-corrected chi connectivity index (χ1v) is 12.6. The predicted molar refractivity (Wildman–Crippen MR) is 137 cm³/mol. The number of benzene rings is 3. The van der Waals surface area contributed by atoms with E-state index in [1.807, 2.05) is 24.3 Å². The number of rotatable bonds is 5. The average molecular weight is 512 g/mol. The lowest BCUT2D eigenvalue weighted by Gasteiger charge is -2.10. The van der Waals surface area contributed by atoms with Crippen molar-refractivity contribution in [3.8, 4) is 11.1 Å². The summed E-state index contributed by atoms with van der Waals surface area (Å²) in [5, 5.41) is 20.8. The molecule has 3 aromatic carbocycles. The van der Waals surface area contributed by atoms with Crippen LogP contribution in [0.1, 0.15) is 25.6 Å². The van der Waals surface area contributed by atoms with Crippen molar-refractivity contribution in [2.45, 2.75) is 0 Å². The summed E-state index contributed by atoms with van der Waals surface area (Å²) in [5.74, 6) is -1.43. The molecule has 1 heterocycles. The van der Waals surface area contributed by atoms with Gasteiger partial charge < -0.3 is 16.2 Å². The van der Waals surface area contributed by atoms with Crippen LogP contribution in [-0.4, -0.2) is 42.0 Å². The molecule has 0 fully saturated rings. The van der Waals surface area contributed by atoms with Crippen LogP contribution in [-0.2, 0) is 10.1 Å². The molecular weight excluding hydrogens is 490 g/mol. The molecule has 9 nitrogen and oxygen atoms in total. The number of anilines is 1. The first-order chi connectivity index (χ1) is 16.5. The van der Waals surface area contributed by atoms with Gasteiger partial charge in [0.2, 0.25) is 0 Å². The molecule has 35 heavy (non-hydrogen) atoms. The van der Waals surface area contributed by atoms with Gasteiger partial charge in [-0.1, -0.05) is 36.4 Å². The lowest BCUT2D eigenvalue weighted by molar-refractivity contribution is 0.0697. The zero-order valence-corrected chi connectivity index (χ0v) is 20.0. The molecule has 0 radical (unpaired) electrons. The van der Waals surface area contributed by atoms with E-state index in [1.165, 1.54) is 17.4 Å². The van der Waals surface area contributed by atoms with E-state index in [2.05, 4.69) is 5.32 Å².